The first-order chi connectivity index (χ1) is 13.8. The van der Waals surface area contributed by atoms with Gasteiger partial charge in [-0.3, -0.25) is 4.79 Å². The van der Waals surface area contributed by atoms with E-state index in [1.54, 1.807) is 6.20 Å². The number of rotatable bonds is 6. The van der Waals surface area contributed by atoms with E-state index in [-0.39, 0.29) is 11.7 Å². The van der Waals surface area contributed by atoms with Gasteiger partial charge in [-0.2, -0.15) is 5.10 Å². The molecule has 0 saturated carbocycles. The van der Waals surface area contributed by atoms with Crippen LogP contribution in [0.5, 0.6) is 11.5 Å². The molecule has 0 fully saturated rings. The molecule has 4 rings (SSSR count). The van der Waals surface area contributed by atoms with E-state index in [9.17, 15) is 4.79 Å². The van der Waals surface area contributed by atoms with Crippen LogP contribution in [0.2, 0.25) is 0 Å². The Morgan fingerprint density at radius 3 is 2.57 bits per heavy atom. The number of aromatic nitrogens is 2. The van der Waals surface area contributed by atoms with Crippen molar-refractivity contribution in [1.29, 1.82) is 0 Å². The summed E-state index contributed by atoms with van der Waals surface area (Å²) in [6.07, 6.45) is 1.72. The maximum absolute atomic E-state index is 12.5. The van der Waals surface area contributed by atoms with Crippen molar-refractivity contribution in [3.05, 3.63) is 85.1 Å². The van der Waals surface area contributed by atoms with E-state index < -0.39 is 0 Å². The lowest BCUT2D eigenvalue weighted by molar-refractivity contribution is -0.113. The quantitative estimate of drug-likeness (QED) is 0.463. The van der Waals surface area contributed by atoms with Crippen LogP contribution in [0.3, 0.4) is 0 Å². The zero-order chi connectivity index (χ0) is 19.2. The van der Waals surface area contributed by atoms with Gasteiger partial charge >= 0.3 is 0 Å². The molecule has 1 aromatic heterocycles. The first kappa shape index (κ1) is 18.0. The first-order valence-corrected chi connectivity index (χ1v) is 9.73. The van der Waals surface area contributed by atoms with Gasteiger partial charge in [0.05, 0.1) is 17.6 Å². The molecule has 0 aliphatic rings. The molecular weight excluding hydrogens is 370 g/mol. The fourth-order valence-electron chi connectivity index (χ4n) is 2.70. The van der Waals surface area contributed by atoms with E-state index >= 15 is 0 Å². The van der Waals surface area contributed by atoms with Gasteiger partial charge in [0, 0.05) is 10.8 Å². The van der Waals surface area contributed by atoms with E-state index in [4.69, 9.17) is 4.74 Å². The van der Waals surface area contributed by atoms with Crippen molar-refractivity contribution >= 4 is 34.1 Å². The van der Waals surface area contributed by atoms with Crippen LogP contribution in [0.1, 0.15) is 0 Å². The Morgan fingerprint density at radius 1 is 0.929 bits per heavy atom. The largest absolute Gasteiger partial charge is 0.455 e. The predicted molar refractivity (Wildman–Crippen MR) is 112 cm³/mol. The van der Waals surface area contributed by atoms with Gasteiger partial charge in [-0.1, -0.05) is 66.4 Å². The Balaban J connectivity index is 1.44. The number of nitrogens with one attached hydrogen (secondary N) is 1. The zero-order valence-electron chi connectivity index (χ0n) is 14.9. The number of carbonyl (C=O) groups excluding carboxylic acids is 1. The van der Waals surface area contributed by atoms with E-state index in [2.05, 4.69) is 15.5 Å². The number of benzene rings is 3. The highest BCUT2D eigenvalue weighted by Crippen LogP contribution is 2.30. The van der Waals surface area contributed by atoms with Crippen LogP contribution in [0.4, 0.5) is 5.69 Å². The van der Waals surface area contributed by atoms with E-state index in [1.807, 2.05) is 78.9 Å². The lowest BCUT2D eigenvalue weighted by atomic mass is 10.2. The summed E-state index contributed by atoms with van der Waals surface area (Å²) in [5.41, 5.74) is 0.626. The van der Waals surface area contributed by atoms with Crippen molar-refractivity contribution < 1.29 is 9.53 Å². The molecule has 0 aliphatic heterocycles. The van der Waals surface area contributed by atoms with Crippen LogP contribution in [-0.2, 0) is 4.79 Å². The number of anilines is 1. The molecular formula is C22H17N3O2S. The number of ether oxygens (including phenoxy) is 1. The summed E-state index contributed by atoms with van der Waals surface area (Å²) in [5.74, 6) is 1.40. The lowest BCUT2D eigenvalue weighted by Crippen LogP contribution is -2.14. The summed E-state index contributed by atoms with van der Waals surface area (Å²) < 4.78 is 5.89. The number of carbonyl (C=O) groups is 1. The van der Waals surface area contributed by atoms with E-state index in [0.29, 0.717) is 17.2 Å². The van der Waals surface area contributed by atoms with E-state index in [1.165, 1.54) is 11.8 Å². The van der Waals surface area contributed by atoms with Crippen LogP contribution in [0.15, 0.2) is 90.1 Å². The number of para-hydroxylation sites is 3. The van der Waals surface area contributed by atoms with Crippen LogP contribution >= 0.6 is 11.8 Å². The van der Waals surface area contributed by atoms with Crippen molar-refractivity contribution in [2.45, 2.75) is 5.03 Å². The molecule has 4 aromatic rings. The molecule has 0 aliphatic carbocycles. The Labute approximate surface area is 166 Å². The molecule has 3 aromatic carbocycles. The summed E-state index contributed by atoms with van der Waals surface area (Å²) in [7, 11) is 0. The monoisotopic (exact) mass is 387 g/mol. The molecule has 0 radical (unpaired) electrons. The Morgan fingerprint density at radius 2 is 1.68 bits per heavy atom. The number of nitrogens with zero attached hydrogens (tertiary/aromatic N) is 2. The molecule has 0 spiro atoms. The van der Waals surface area contributed by atoms with Gasteiger partial charge in [-0.25, -0.2) is 0 Å². The molecule has 1 heterocycles. The minimum absolute atomic E-state index is 0.135. The van der Waals surface area contributed by atoms with Gasteiger partial charge in [0.15, 0.2) is 5.75 Å². The summed E-state index contributed by atoms with van der Waals surface area (Å²) in [6.45, 7) is 0. The second kappa shape index (κ2) is 8.54. The van der Waals surface area contributed by atoms with Crippen LogP contribution < -0.4 is 10.1 Å². The maximum Gasteiger partial charge on any atom is 0.234 e. The highest BCUT2D eigenvalue weighted by atomic mass is 32.2. The van der Waals surface area contributed by atoms with Crippen molar-refractivity contribution in [1.82, 2.24) is 10.2 Å². The summed E-state index contributed by atoms with van der Waals surface area (Å²) in [6, 6.07) is 24.7. The molecule has 28 heavy (non-hydrogen) atoms. The molecule has 5 nitrogen and oxygen atoms in total. The third kappa shape index (κ3) is 4.29. The maximum atomic E-state index is 12.5. The van der Waals surface area contributed by atoms with Gasteiger partial charge in [0.2, 0.25) is 5.91 Å². The molecule has 0 bridgehead atoms. The molecule has 0 saturated heterocycles. The zero-order valence-corrected chi connectivity index (χ0v) is 15.7. The fourth-order valence-corrected chi connectivity index (χ4v) is 3.49. The van der Waals surface area contributed by atoms with Crippen LogP contribution in [-0.4, -0.2) is 21.9 Å². The molecule has 0 atom stereocenters. The van der Waals surface area contributed by atoms with Crippen molar-refractivity contribution in [2.75, 3.05) is 11.1 Å². The SMILES string of the molecule is O=C(CSc1nncc2ccccc12)Nc1ccccc1Oc1ccccc1. The fraction of sp³-hybridized carbons (Fsp3) is 0.0455. The van der Waals surface area contributed by atoms with Gasteiger partial charge < -0.3 is 10.1 Å². The Bertz CT molecular complexity index is 1100. The lowest BCUT2D eigenvalue weighted by Gasteiger charge is -2.12. The summed E-state index contributed by atoms with van der Waals surface area (Å²) >= 11 is 1.36. The average molecular weight is 387 g/mol. The van der Waals surface area contributed by atoms with Gasteiger partial charge in [0.25, 0.3) is 0 Å². The van der Waals surface area contributed by atoms with Crippen molar-refractivity contribution in [3.8, 4) is 11.5 Å². The smallest absolute Gasteiger partial charge is 0.234 e. The third-order valence-corrected chi connectivity index (χ3v) is 4.99. The number of amides is 1. The summed E-state index contributed by atoms with van der Waals surface area (Å²) in [5, 5.41) is 13.8. The number of hydrogen-bond donors (Lipinski definition) is 1. The second-order valence-corrected chi connectivity index (χ2v) is 6.95. The molecule has 138 valence electrons. The van der Waals surface area contributed by atoms with Crippen LogP contribution in [0, 0.1) is 0 Å². The topological polar surface area (TPSA) is 64.1 Å². The molecule has 6 heteroatoms. The van der Waals surface area contributed by atoms with Gasteiger partial charge in [0.1, 0.15) is 10.8 Å². The molecule has 1 N–H and O–H groups in total. The standard InChI is InChI=1S/C22H17N3O2S/c26-21(15-28-22-18-11-5-4-8-16(18)14-23-25-22)24-19-12-6-7-13-20(19)27-17-9-2-1-3-10-17/h1-14H,15H2,(H,24,26). The van der Waals surface area contributed by atoms with Gasteiger partial charge in [-0.05, 0) is 24.3 Å². The molecule has 0 unspecified atom stereocenters. The minimum Gasteiger partial charge on any atom is -0.455 e. The summed E-state index contributed by atoms with van der Waals surface area (Å²) in [4.78, 5) is 12.5. The molecule has 1 amide bonds. The number of fused-ring (bicyclic) bond motifs is 1. The highest BCUT2D eigenvalue weighted by Gasteiger charge is 2.11. The van der Waals surface area contributed by atoms with Crippen LogP contribution in [0.25, 0.3) is 10.8 Å². The highest BCUT2D eigenvalue weighted by molar-refractivity contribution is 8.00. The number of hydrogen-bond acceptors (Lipinski definition) is 5. The van der Waals surface area contributed by atoms with E-state index in [0.717, 1.165) is 15.8 Å². The average Bonchev–Trinajstić information content (AvgIpc) is 2.74. The Hall–Kier alpha value is -3.38. The van der Waals surface area contributed by atoms with Gasteiger partial charge in [-0.15, -0.1) is 5.10 Å². The normalized spacial score (nSPS) is 10.6. The predicted octanol–water partition coefficient (Wildman–Crippen LogP) is 5.15. The Kier molecular flexibility index (Phi) is 5.49. The second-order valence-electron chi connectivity index (χ2n) is 5.99. The first-order valence-electron chi connectivity index (χ1n) is 8.74. The number of thioether (sulfide) groups is 1. The van der Waals surface area contributed by atoms with Crippen molar-refractivity contribution in [2.24, 2.45) is 0 Å². The third-order valence-electron chi connectivity index (χ3n) is 4.01. The minimum atomic E-state index is -0.135. The van der Waals surface area contributed by atoms with Crippen molar-refractivity contribution in [3.63, 3.8) is 0 Å².